The second-order valence-corrected chi connectivity index (χ2v) is 6.53. The molecule has 116 valence electrons. The third-order valence-electron chi connectivity index (χ3n) is 4.90. The molecule has 0 aromatic carbocycles. The Bertz CT molecular complexity index is 449. The summed E-state index contributed by atoms with van der Waals surface area (Å²) in [5, 5.41) is 9.90. The van der Waals surface area contributed by atoms with Gasteiger partial charge in [-0.25, -0.2) is 4.98 Å². The molecule has 1 unspecified atom stereocenters. The highest BCUT2D eigenvalue weighted by Crippen LogP contribution is 2.28. The Kier molecular flexibility index (Phi) is 4.76. The number of aromatic nitrogens is 1. The summed E-state index contributed by atoms with van der Waals surface area (Å²) in [5.74, 6) is 1.81. The maximum Gasteiger partial charge on any atom is 0.134 e. The predicted molar refractivity (Wildman–Crippen MR) is 85.5 cm³/mol. The van der Waals surface area contributed by atoms with Crippen molar-refractivity contribution in [3.63, 3.8) is 0 Å². The molecular formula is C17H27N3O. The van der Waals surface area contributed by atoms with Crippen molar-refractivity contribution in [2.75, 3.05) is 37.6 Å². The molecule has 21 heavy (non-hydrogen) atoms. The van der Waals surface area contributed by atoms with E-state index in [0.717, 1.165) is 30.4 Å². The van der Waals surface area contributed by atoms with E-state index < -0.39 is 6.10 Å². The minimum Gasteiger partial charge on any atom is -0.389 e. The minimum absolute atomic E-state index is 0.448. The number of anilines is 1. The first kappa shape index (κ1) is 14.8. The summed E-state index contributed by atoms with van der Waals surface area (Å²) < 4.78 is 0. The molecule has 2 saturated heterocycles. The highest BCUT2D eigenvalue weighted by Gasteiger charge is 2.25. The van der Waals surface area contributed by atoms with E-state index in [1.807, 2.05) is 25.3 Å². The van der Waals surface area contributed by atoms with Crippen molar-refractivity contribution < 1.29 is 5.11 Å². The average molecular weight is 289 g/mol. The molecule has 1 atom stereocenters. The molecule has 4 heteroatoms. The van der Waals surface area contributed by atoms with Crippen molar-refractivity contribution in [3.05, 3.63) is 23.9 Å². The third-order valence-corrected chi connectivity index (χ3v) is 4.90. The quantitative estimate of drug-likeness (QED) is 0.924. The first-order chi connectivity index (χ1) is 10.2. The Morgan fingerprint density at radius 1 is 1.24 bits per heavy atom. The van der Waals surface area contributed by atoms with E-state index >= 15 is 0 Å². The maximum atomic E-state index is 9.90. The zero-order chi connectivity index (χ0) is 14.7. The first-order valence-electron chi connectivity index (χ1n) is 8.34. The zero-order valence-corrected chi connectivity index (χ0v) is 13.0. The predicted octanol–water partition coefficient (Wildman–Crippen LogP) is 2.45. The molecule has 3 rings (SSSR count). The smallest absolute Gasteiger partial charge is 0.134 e. The van der Waals surface area contributed by atoms with Gasteiger partial charge >= 0.3 is 0 Å². The van der Waals surface area contributed by atoms with Crippen LogP contribution in [0.25, 0.3) is 0 Å². The summed E-state index contributed by atoms with van der Waals surface area (Å²) in [5.41, 5.74) is 0.954. The number of hydrogen-bond donors (Lipinski definition) is 1. The van der Waals surface area contributed by atoms with Crippen LogP contribution in [0, 0.1) is 5.92 Å². The largest absolute Gasteiger partial charge is 0.389 e. The van der Waals surface area contributed by atoms with Crippen molar-refractivity contribution in [2.24, 2.45) is 5.92 Å². The van der Waals surface area contributed by atoms with Gasteiger partial charge in [0.1, 0.15) is 5.82 Å². The Labute approximate surface area is 127 Å². The lowest BCUT2D eigenvalue weighted by Gasteiger charge is -2.35. The van der Waals surface area contributed by atoms with Gasteiger partial charge in [0, 0.05) is 31.4 Å². The van der Waals surface area contributed by atoms with Gasteiger partial charge in [-0.1, -0.05) is 6.07 Å². The number of piperidine rings is 1. The SMILES string of the molecule is CC(O)c1cccnc1N1CCC(CN2CCCC2)CC1. The van der Waals surface area contributed by atoms with Crippen LogP contribution >= 0.6 is 0 Å². The lowest BCUT2D eigenvalue weighted by atomic mass is 9.95. The topological polar surface area (TPSA) is 39.6 Å². The van der Waals surface area contributed by atoms with Crippen LogP contribution < -0.4 is 4.90 Å². The molecule has 1 N–H and O–H groups in total. The molecule has 3 heterocycles. The molecule has 0 bridgehead atoms. The van der Waals surface area contributed by atoms with Crippen LogP contribution in [0.5, 0.6) is 0 Å². The van der Waals surface area contributed by atoms with Crippen LogP contribution in [0.2, 0.25) is 0 Å². The third kappa shape index (κ3) is 3.55. The van der Waals surface area contributed by atoms with Crippen LogP contribution in [0.3, 0.4) is 0 Å². The highest BCUT2D eigenvalue weighted by atomic mass is 16.3. The van der Waals surface area contributed by atoms with Crippen molar-refractivity contribution in [2.45, 2.75) is 38.7 Å². The van der Waals surface area contributed by atoms with E-state index in [9.17, 15) is 5.11 Å². The summed E-state index contributed by atoms with van der Waals surface area (Å²) in [6, 6.07) is 3.90. The second-order valence-electron chi connectivity index (χ2n) is 6.53. The Morgan fingerprint density at radius 3 is 2.62 bits per heavy atom. The van der Waals surface area contributed by atoms with E-state index in [1.165, 1.54) is 45.3 Å². The van der Waals surface area contributed by atoms with Crippen LogP contribution in [0.15, 0.2) is 18.3 Å². The number of likely N-dealkylation sites (tertiary alicyclic amines) is 1. The van der Waals surface area contributed by atoms with Crippen molar-refractivity contribution in [1.29, 1.82) is 0 Å². The minimum atomic E-state index is -0.448. The molecule has 4 nitrogen and oxygen atoms in total. The molecule has 0 saturated carbocycles. The van der Waals surface area contributed by atoms with Gasteiger partial charge in [0.15, 0.2) is 0 Å². The molecule has 2 fully saturated rings. The fraction of sp³-hybridized carbons (Fsp3) is 0.706. The Hall–Kier alpha value is -1.13. The molecule has 1 aromatic heterocycles. The molecule has 2 aliphatic rings. The van der Waals surface area contributed by atoms with E-state index in [2.05, 4.69) is 14.8 Å². The first-order valence-corrected chi connectivity index (χ1v) is 8.34. The fourth-order valence-corrected chi connectivity index (χ4v) is 3.66. The van der Waals surface area contributed by atoms with E-state index in [1.54, 1.807) is 0 Å². The van der Waals surface area contributed by atoms with E-state index in [4.69, 9.17) is 0 Å². The summed E-state index contributed by atoms with van der Waals surface area (Å²) in [7, 11) is 0. The van der Waals surface area contributed by atoms with Gasteiger partial charge in [-0.05, 0) is 57.7 Å². The second kappa shape index (κ2) is 6.75. The maximum absolute atomic E-state index is 9.90. The number of rotatable bonds is 4. The monoisotopic (exact) mass is 289 g/mol. The zero-order valence-electron chi connectivity index (χ0n) is 13.0. The molecule has 2 aliphatic heterocycles. The number of hydrogen-bond acceptors (Lipinski definition) is 4. The van der Waals surface area contributed by atoms with E-state index in [0.29, 0.717) is 0 Å². The van der Waals surface area contributed by atoms with Crippen LogP contribution in [0.1, 0.15) is 44.3 Å². The summed E-state index contributed by atoms with van der Waals surface area (Å²) in [6.07, 6.45) is 6.63. The van der Waals surface area contributed by atoms with Crippen molar-refractivity contribution >= 4 is 5.82 Å². The normalized spacial score (nSPS) is 22.7. The van der Waals surface area contributed by atoms with Gasteiger partial charge in [-0.2, -0.15) is 0 Å². The average Bonchev–Trinajstić information content (AvgIpc) is 3.01. The summed E-state index contributed by atoms with van der Waals surface area (Å²) >= 11 is 0. The van der Waals surface area contributed by atoms with Crippen LogP contribution in [-0.4, -0.2) is 47.7 Å². The Balaban J connectivity index is 1.58. The lowest BCUT2D eigenvalue weighted by Crippen LogP contribution is -2.39. The number of pyridine rings is 1. The molecule has 0 spiro atoms. The molecule has 0 aliphatic carbocycles. The fourth-order valence-electron chi connectivity index (χ4n) is 3.66. The van der Waals surface area contributed by atoms with Gasteiger partial charge in [0.2, 0.25) is 0 Å². The van der Waals surface area contributed by atoms with Gasteiger partial charge in [-0.15, -0.1) is 0 Å². The van der Waals surface area contributed by atoms with Gasteiger partial charge in [0.25, 0.3) is 0 Å². The molecule has 0 amide bonds. The summed E-state index contributed by atoms with van der Waals surface area (Å²) in [4.78, 5) is 9.48. The lowest BCUT2D eigenvalue weighted by molar-refractivity contribution is 0.198. The van der Waals surface area contributed by atoms with Gasteiger partial charge in [0.05, 0.1) is 6.10 Å². The molecule has 0 radical (unpaired) electrons. The van der Waals surface area contributed by atoms with Crippen LogP contribution in [-0.2, 0) is 0 Å². The molecular weight excluding hydrogens is 262 g/mol. The van der Waals surface area contributed by atoms with E-state index in [-0.39, 0.29) is 0 Å². The molecule has 1 aromatic rings. The van der Waals surface area contributed by atoms with Crippen molar-refractivity contribution in [1.82, 2.24) is 9.88 Å². The standard InChI is InChI=1S/C17H27N3O/c1-14(21)16-5-4-8-18-17(16)20-11-6-15(7-12-20)13-19-9-2-3-10-19/h4-5,8,14-15,21H,2-3,6-7,9-13H2,1H3. The highest BCUT2D eigenvalue weighted by molar-refractivity contribution is 5.48. The summed E-state index contributed by atoms with van der Waals surface area (Å²) in [6.45, 7) is 7.82. The van der Waals surface area contributed by atoms with Gasteiger partial charge in [-0.3, -0.25) is 0 Å². The number of nitrogens with zero attached hydrogens (tertiary/aromatic N) is 3. The number of aliphatic hydroxyl groups excluding tert-OH is 1. The van der Waals surface area contributed by atoms with Crippen LogP contribution in [0.4, 0.5) is 5.82 Å². The number of aliphatic hydroxyl groups is 1. The van der Waals surface area contributed by atoms with Crippen molar-refractivity contribution in [3.8, 4) is 0 Å². The Morgan fingerprint density at radius 2 is 1.95 bits per heavy atom. The van der Waals surface area contributed by atoms with Gasteiger partial charge < -0.3 is 14.9 Å².